The van der Waals surface area contributed by atoms with Crippen molar-refractivity contribution in [1.82, 2.24) is 5.32 Å². The van der Waals surface area contributed by atoms with Gasteiger partial charge in [0.15, 0.2) is 0 Å². The molecule has 0 spiro atoms. The van der Waals surface area contributed by atoms with Gasteiger partial charge in [0.05, 0.1) is 7.11 Å². The van der Waals surface area contributed by atoms with Crippen LogP contribution in [0.2, 0.25) is 0 Å². The summed E-state index contributed by atoms with van der Waals surface area (Å²) in [6.07, 6.45) is 4.29. The zero-order chi connectivity index (χ0) is 11.8. The van der Waals surface area contributed by atoms with Crippen LogP contribution < -0.4 is 10.1 Å². The number of benzene rings is 1. The highest BCUT2D eigenvalue weighted by atomic mass is 16.5. The number of rotatable bonds is 7. The van der Waals surface area contributed by atoms with Crippen LogP contribution in [0.3, 0.4) is 0 Å². The van der Waals surface area contributed by atoms with Gasteiger partial charge in [0.2, 0.25) is 0 Å². The summed E-state index contributed by atoms with van der Waals surface area (Å²) >= 11 is 0. The Hall–Kier alpha value is -1.28. The van der Waals surface area contributed by atoms with Gasteiger partial charge in [-0.05, 0) is 24.1 Å². The van der Waals surface area contributed by atoms with Crippen LogP contribution in [0.5, 0.6) is 5.75 Å². The Balaban J connectivity index is 2.43. The molecule has 0 saturated carbocycles. The van der Waals surface area contributed by atoms with E-state index in [1.807, 2.05) is 18.2 Å². The van der Waals surface area contributed by atoms with E-state index < -0.39 is 0 Å². The molecule has 16 heavy (non-hydrogen) atoms. The Bertz CT molecular complexity index is 305. The zero-order valence-corrected chi connectivity index (χ0v) is 10.2. The van der Waals surface area contributed by atoms with E-state index in [0.29, 0.717) is 6.04 Å². The number of ether oxygens (including phenoxy) is 1. The molecule has 0 saturated heterocycles. The molecular formula is C14H21NO. The lowest BCUT2D eigenvalue weighted by Gasteiger charge is -2.13. The van der Waals surface area contributed by atoms with Crippen LogP contribution in [0.1, 0.15) is 25.3 Å². The van der Waals surface area contributed by atoms with Crippen LogP contribution in [0.4, 0.5) is 0 Å². The summed E-state index contributed by atoms with van der Waals surface area (Å²) < 4.78 is 5.12. The molecule has 2 nitrogen and oxygen atoms in total. The summed E-state index contributed by atoms with van der Waals surface area (Å²) in [7, 11) is 1.68. The van der Waals surface area contributed by atoms with Gasteiger partial charge in [-0.1, -0.05) is 31.6 Å². The van der Waals surface area contributed by atoms with E-state index in [2.05, 4.69) is 31.0 Å². The van der Waals surface area contributed by atoms with Crippen molar-refractivity contribution in [3.05, 3.63) is 42.5 Å². The molecule has 0 amide bonds. The molecule has 0 radical (unpaired) electrons. The van der Waals surface area contributed by atoms with Crippen molar-refractivity contribution in [2.24, 2.45) is 0 Å². The van der Waals surface area contributed by atoms with E-state index in [1.54, 1.807) is 7.11 Å². The van der Waals surface area contributed by atoms with Crippen LogP contribution in [-0.4, -0.2) is 13.2 Å². The molecule has 1 rings (SSSR count). The maximum absolute atomic E-state index is 5.12. The van der Waals surface area contributed by atoms with E-state index in [9.17, 15) is 0 Å². The maximum atomic E-state index is 5.12. The van der Waals surface area contributed by atoms with Gasteiger partial charge in [0.25, 0.3) is 0 Å². The third kappa shape index (κ3) is 4.07. The van der Waals surface area contributed by atoms with Gasteiger partial charge >= 0.3 is 0 Å². The predicted molar refractivity (Wildman–Crippen MR) is 68.7 cm³/mol. The van der Waals surface area contributed by atoms with Crippen LogP contribution in [0.15, 0.2) is 36.9 Å². The zero-order valence-electron chi connectivity index (χ0n) is 10.2. The number of methoxy groups -OCH3 is 1. The molecule has 0 heterocycles. The summed E-state index contributed by atoms with van der Waals surface area (Å²) in [5, 5.41) is 3.47. The molecule has 0 fully saturated rings. The van der Waals surface area contributed by atoms with Crippen molar-refractivity contribution in [3.63, 3.8) is 0 Å². The van der Waals surface area contributed by atoms with E-state index in [1.165, 1.54) is 12.0 Å². The summed E-state index contributed by atoms with van der Waals surface area (Å²) in [5.74, 6) is 0.901. The minimum atomic E-state index is 0.409. The lowest BCUT2D eigenvalue weighted by molar-refractivity contribution is 0.414. The van der Waals surface area contributed by atoms with Crippen LogP contribution in [-0.2, 0) is 6.54 Å². The first-order chi connectivity index (χ1) is 7.80. The molecule has 2 heteroatoms. The van der Waals surface area contributed by atoms with Gasteiger partial charge < -0.3 is 10.1 Å². The number of nitrogens with one attached hydrogen (secondary N) is 1. The van der Waals surface area contributed by atoms with Crippen molar-refractivity contribution in [3.8, 4) is 5.75 Å². The molecule has 1 unspecified atom stereocenters. The SMILES string of the molecule is C=CC(CCC)NCc1ccc(OC)cc1. The standard InChI is InChI=1S/C14H21NO/c1-4-6-13(5-2)15-11-12-7-9-14(16-3)10-8-12/h5,7-10,13,15H,2,4,6,11H2,1,3H3. The number of hydrogen-bond donors (Lipinski definition) is 1. The van der Waals surface area contributed by atoms with Gasteiger partial charge in [-0.15, -0.1) is 6.58 Å². The molecule has 0 aliphatic heterocycles. The molecular weight excluding hydrogens is 198 g/mol. The summed E-state index contributed by atoms with van der Waals surface area (Å²) in [5.41, 5.74) is 1.27. The third-order valence-electron chi connectivity index (χ3n) is 2.61. The van der Waals surface area contributed by atoms with Gasteiger partial charge in [-0.25, -0.2) is 0 Å². The van der Waals surface area contributed by atoms with Crippen LogP contribution >= 0.6 is 0 Å². The predicted octanol–water partition coefficient (Wildman–Crippen LogP) is 3.14. The molecule has 0 aliphatic rings. The first-order valence-corrected chi connectivity index (χ1v) is 5.79. The summed E-state index contributed by atoms with van der Waals surface area (Å²) in [6, 6.07) is 8.54. The van der Waals surface area contributed by atoms with Crippen LogP contribution in [0, 0.1) is 0 Å². The van der Waals surface area contributed by atoms with E-state index in [0.717, 1.165) is 18.7 Å². The van der Waals surface area contributed by atoms with Crippen LogP contribution in [0.25, 0.3) is 0 Å². The molecule has 0 bridgehead atoms. The van der Waals surface area contributed by atoms with Crippen molar-refractivity contribution in [2.75, 3.05) is 7.11 Å². The first kappa shape index (κ1) is 12.8. The average molecular weight is 219 g/mol. The highest BCUT2D eigenvalue weighted by molar-refractivity contribution is 5.27. The average Bonchev–Trinajstić information content (AvgIpc) is 2.35. The fourth-order valence-corrected chi connectivity index (χ4v) is 1.61. The summed E-state index contributed by atoms with van der Waals surface area (Å²) in [6.45, 7) is 6.90. The maximum Gasteiger partial charge on any atom is 0.118 e. The number of hydrogen-bond acceptors (Lipinski definition) is 2. The van der Waals surface area contributed by atoms with E-state index >= 15 is 0 Å². The van der Waals surface area contributed by atoms with Gasteiger partial charge in [-0.3, -0.25) is 0 Å². The first-order valence-electron chi connectivity index (χ1n) is 5.79. The smallest absolute Gasteiger partial charge is 0.118 e. The minimum Gasteiger partial charge on any atom is -0.497 e. The fraction of sp³-hybridized carbons (Fsp3) is 0.429. The topological polar surface area (TPSA) is 21.3 Å². The Kier molecular flexibility index (Phi) is 5.65. The molecule has 88 valence electrons. The normalized spacial score (nSPS) is 12.1. The van der Waals surface area contributed by atoms with E-state index in [4.69, 9.17) is 4.74 Å². The van der Waals surface area contributed by atoms with Gasteiger partial charge in [-0.2, -0.15) is 0 Å². The van der Waals surface area contributed by atoms with Gasteiger partial charge in [0.1, 0.15) is 5.75 Å². The lowest BCUT2D eigenvalue weighted by Crippen LogP contribution is -2.26. The van der Waals surface area contributed by atoms with E-state index in [-0.39, 0.29) is 0 Å². The van der Waals surface area contributed by atoms with Crippen molar-refractivity contribution < 1.29 is 4.74 Å². The molecule has 1 atom stereocenters. The Morgan fingerprint density at radius 2 is 2.06 bits per heavy atom. The molecule has 1 aromatic carbocycles. The van der Waals surface area contributed by atoms with Crippen molar-refractivity contribution >= 4 is 0 Å². The monoisotopic (exact) mass is 219 g/mol. The second-order valence-corrected chi connectivity index (χ2v) is 3.86. The Morgan fingerprint density at radius 3 is 2.56 bits per heavy atom. The van der Waals surface area contributed by atoms with Crippen molar-refractivity contribution in [2.45, 2.75) is 32.4 Å². The highest BCUT2D eigenvalue weighted by Gasteiger charge is 2.01. The molecule has 0 aromatic heterocycles. The second-order valence-electron chi connectivity index (χ2n) is 3.86. The summed E-state index contributed by atoms with van der Waals surface area (Å²) in [4.78, 5) is 0. The lowest BCUT2D eigenvalue weighted by atomic mass is 10.1. The Morgan fingerprint density at radius 1 is 1.38 bits per heavy atom. The third-order valence-corrected chi connectivity index (χ3v) is 2.61. The van der Waals surface area contributed by atoms with Crippen molar-refractivity contribution in [1.29, 1.82) is 0 Å². The molecule has 0 aliphatic carbocycles. The van der Waals surface area contributed by atoms with Gasteiger partial charge in [0, 0.05) is 12.6 Å². The highest BCUT2D eigenvalue weighted by Crippen LogP contribution is 2.11. The fourth-order valence-electron chi connectivity index (χ4n) is 1.61. The quantitative estimate of drug-likeness (QED) is 0.711. The largest absolute Gasteiger partial charge is 0.497 e. The minimum absolute atomic E-state index is 0.409. The second kappa shape index (κ2) is 7.07. The Labute approximate surface area is 98.3 Å². The molecule has 1 aromatic rings. The molecule has 1 N–H and O–H groups in total.